The molecule has 27 heavy (non-hydrogen) atoms. The quantitative estimate of drug-likeness (QED) is 0.710. The van der Waals surface area contributed by atoms with Gasteiger partial charge < -0.3 is 14.4 Å². The van der Waals surface area contributed by atoms with Crippen molar-refractivity contribution in [2.24, 2.45) is 0 Å². The van der Waals surface area contributed by atoms with Crippen LogP contribution < -0.4 is 9.47 Å². The summed E-state index contributed by atoms with van der Waals surface area (Å²) in [7, 11) is 3.20. The van der Waals surface area contributed by atoms with Gasteiger partial charge in [0.15, 0.2) is 11.5 Å². The molecule has 0 spiro atoms. The van der Waals surface area contributed by atoms with E-state index in [4.69, 9.17) is 14.7 Å². The van der Waals surface area contributed by atoms with E-state index < -0.39 is 0 Å². The standard InChI is InChI=1S/C22H26N2O3/c1-16(2)24(15-19-7-5-18(14-23)6-8-19)22(25)12-10-17-9-11-20(26-3)21(13-17)27-4/h5-9,11,13,16H,10,12,15H2,1-4H3. The molecular formula is C22H26N2O3. The first kappa shape index (κ1) is 20.3. The predicted octanol–water partition coefficient (Wildman–Crippen LogP) is 3.95. The highest BCUT2D eigenvalue weighted by Gasteiger charge is 2.17. The summed E-state index contributed by atoms with van der Waals surface area (Å²) >= 11 is 0. The van der Waals surface area contributed by atoms with Gasteiger partial charge in [0.25, 0.3) is 0 Å². The van der Waals surface area contributed by atoms with Gasteiger partial charge in [0.2, 0.25) is 5.91 Å². The zero-order valence-electron chi connectivity index (χ0n) is 16.4. The van der Waals surface area contributed by atoms with E-state index in [-0.39, 0.29) is 11.9 Å². The van der Waals surface area contributed by atoms with E-state index in [1.54, 1.807) is 26.4 Å². The Hall–Kier alpha value is -3.00. The Morgan fingerprint density at radius 3 is 2.22 bits per heavy atom. The summed E-state index contributed by atoms with van der Waals surface area (Å²) in [5, 5.41) is 8.90. The van der Waals surface area contributed by atoms with Crippen molar-refractivity contribution in [1.29, 1.82) is 5.26 Å². The third kappa shape index (κ3) is 5.49. The van der Waals surface area contributed by atoms with Crippen LogP contribution in [0.25, 0.3) is 0 Å². The van der Waals surface area contributed by atoms with Crippen LogP contribution in [-0.4, -0.2) is 31.1 Å². The topological polar surface area (TPSA) is 62.6 Å². The molecule has 142 valence electrons. The summed E-state index contributed by atoms with van der Waals surface area (Å²) in [6, 6.07) is 15.3. The van der Waals surface area contributed by atoms with Gasteiger partial charge in [0.1, 0.15) is 0 Å². The molecule has 2 rings (SSSR count). The van der Waals surface area contributed by atoms with Crippen molar-refractivity contribution >= 4 is 5.91 Å². The molecule has 0 aliphatic heterocycles. The van der Waals surface area contributed by atoms with Crippen molar-refractivity contribution in [3.05, 3.63) is 59.2 Å². The van der Waals surface area contributed by atoms with Crippen molar-refractivity contribution in [2.75, 3.05) is 14.2 Å². The highest BCUT2D eigenvalue weighted by atomic mass is 16.5. The van der Waals surface area contributed by atoms with Gasteiger partial charge in [-0.1, -0.05) is 18.2 Å². The Morgan fingerprint density at radius 2 is 1.67 bits per heavy atom. The second-order valence-corrected chi connectivity index (χ2v) is 6.61. The number of hydrogen-bond donors (Lipinski definition) is 0. The fourth-order valence-corrected chi connectivity index (χ4v) is 2.87. The Labute approximate surface area is 161 Å². The first-order valence-electron chi connectivity index (χ1n) is 8.98. The molecule has 0 saturated heterocycles. The lowest BCUT2D eigenvalue weighted by Crippen LogP contribution is -2.36. The maximum atomic E-state index is 12.8. The zero-order chi connectivity index (χ0) is 19.8. The van der Waals surface area contributed by atoms with Crippen LogP contribution >= 0.6 is 0 Å². The molecule has 1 amide bonds. The van der Waals surface area contributed by atoms with Crippen molar-refractivity contribution in [3.63, 3.8) is 0 Å². The van der Waals surface area contributed by atoms with Gasteiger partial charge in [-0.25, -0.2) is 0 Å². The van der Waals surface area contributed by atoms with Crippen LogP contribution in [-0.2, 0) is 17.8 Å². The number of nitrogens with zero attached hydrogens (tertiary/aromatic N) is 2. The lowest BCUT2D eigenvalue weighted by Gasteiger charge is -2.27. The minimum Gasteiger partial charge on any atom is -0.493 e. The van der Waals surface area contributed by atoms with Crippen LogP contribution in [0.3, 0.4) is 0 Å². The third-order valence-corrected chi connectivity index (χ3v) is 4.46. The number of aryl methyl sites for hydroxylation is 1. The number of rotatable bonds is 8. The molecule has 0 N–H and O–H groups in total. The molecule has 5 nitrogen and oxygen atoms in total. The third-order valence-electron chi connectivity index (χ3n) is 4.46. The number of methoxy groups -OCH3 is 2. The van der Waals surface area contributed by atoms with E-state index >= 15 is 0 Å². The van der Waals surface area contributed by atoms with Crippen LogP contribution in [0.5, 0.6) is 11.5 Å². The summed E-state index contributed by atoms with van der Waals surface area (Å²) in [6.07, 6.45) is 1.06. The lowest BCUT2D eigenvalue weighted by molar-refractivity contribution is -0.133. The summed E-state index contributed by atoms with van der Waals surface area (Å²) in [6.45, 7) is 4.56. The molecule has 0 aromatic heterocycles. The molecule has 0 aliphatic rings. The molecular weight excluding hydrogens is 340 g/mol. The van der Waals surface area contributed by atoms with E-state index in [0.717, 1.165) is 11.1 Å². The molecule has 0 atom stereocenters. The van der Waals surface area contributed by atoms with Gasteiger partial charge in [-0.2, -0.15) is 5.26 Å². The predicted molar refractivity (Wildman–Crippen MR) is 105 cm³/mol. The molecule has 2 aromatic rings. The highest BCUT2D eigenvalue weighted by Crippen LogP contribution is 2.28. The van der Waals surface area contributed by atoms with Gasteiger partial charge in [0, 0.05) is 19.0 Å². The molecule has 2 aromatic carbocycles. The second-order valence-electron chi connectivity index (χ2n) is 6.61. The normalized spacial score (nSPS) is 10.4. The fourth-order valence-electron chi connectivity index (χ4n) is 2.87. The number of hydrogen-bond acceptors (Lipinski definition) is 4. The van der Waals surface area contributed by atoms with Gasteiger partial charge in [-0.15, -0.1) is 0 Å². The van der Waals surface area contributed by atoms with Gasteiger partial charge in [-0.05, 0) is 55.7 Å². The first-order valence-corrected chi connectivity index (χ1v) is 8.98. The average Bonchev–Trinajstić information content (AvgIpc) is 2.70. The van der Waals surface area contributed by atoms with E-state index in [1.807, 2.05) is 49.1 Å². The Balaban J connectivity index is 2.03. The Kier molecular flexibility index (Phi) is 7.25. The molecule has 0 unspecified atom stereocenters. The van der Waals surface area contributed by atoms with Gasteiger partial charge in [0.05, 0.1) is 25.9 Å². The van der Waals surface area contributed by atoms with E-state index in [2.05, 4.69) is 6.07 Å². The maximum Gasteiger partial charge on any atom is 0.223 e. The van der Waals surface area contributed by atoms with Gasteiger partial charge >= 0.3 is 0 Å². The Morgan fingerprint density at radius 1 is 1.04 bits per heavy atom. The average molecular weight is 366 g/mol. The minimum atomic E-state index is 0.0959. The summed E-state index contributed by atoms with van der Waals surface area (Å²) in [4.78, 5) is 14.6. The summed E-state index contributed by atoms with van der Waals surface area (Å²) < 4.78 is 10.6. The molecule has 0 aliphatic carbocycles. The molecule has 0 saturated carbocycles. The van der Waals surface area contributed by atoms with Crippen LogP contribution in [0, 0.1) is 11.3 Å². The molecule has 0 bridgehead atoms. The van der Waals surface area contributed by atoms with Crippen molar-refractivity contribution in [1.82, 2.24) is 4.90 Å². The summed E-state index contributed by atoms with van der Waals surface area (Å²) in [5.41, 5.74) is 2.67. The van der Waals surface area contributed by atoms with E-state index in [9.17, 15) is 4.79 Å². The number of benzene rings is 2. The van der Waals surface area contributed by atoms with Crippen molar-refractivity contribution in [3.8, 4) is 17.6 Å². The lowest BCUT2D eigenvalue weighted by atomic mass is 10.1. The molecule has 5 heteroatoms. The van der Waals surface area contributed by atoms with Crippen LogP contribution in [0.15, 0.2) is 42.5 Å². The SMILES string of the molecule is COc1ccc(CCC(=O)N(Cc2ccc(C#N)cc2)C(C)C)cc1OC. The Bertz CT molecular complexity index is 807. The number of carbonyl (C=O) groups is 1. The maximum absolute atomic E-state index is 12.8. The van der Waals surface area contributed by atoms with Crippen LogP contribution in [0.4, 0.5) is 0 Å². The monoisotopic (exact) mass is 366 g/mol. The van der Waals surface area contributed by atoms with Crippen LogP contribution in [0.2, 0.25) is 0 Å². The zero-order valence-corrected chi connectivity index (χ0v) is 16.4. The number of nitriles is 1. The van der Waals surface area contributed by atoms with Crippen molar-refractivity contribution in [2.45, 2.75) is 39.3 Å². The molecule has 0 radical (unpaired) electrons. The first-order chi connectivity index (χ1) is 13.0. The highest BCUT2D eigenvalue weighted by molar-refractivity contribution is 5.76. The summed E-state index contributed by atoms with van der Waals surface area (Å²) in [5.74, 6) is 1.45. The molecule has 0 fully saturated rings. The smallest absolute Gasteiger partial charge is 0.223 e. The fraction of sp³-hybridized carbons (Fsp3) is 0.364. The largest absolute Gasteiger partial charge is 0.493 e. The number of carbonyl (C=O) groups excluding carboxylic acids is 1. The molecule has 0 heterocycles. The van der Waals surface area contributed by atoms with Crippen molar-refractivity contribution < 1.29 is 14.3 Å². The van der Waals surface area contributed by atoms with Gasteiger partial charge in [-0.3, -0.25) is 4.79 Å². The van der Waals surface area contributed by atoms with E-state index in [0.29, 0.717) is 36.4 Å². The minimum absolute atomic E-state index is 0.0959. The van der Waals surface area contributed by atoms with E-state index in [1.165, 1.54) is 0 Å². The van der Waals surface area contributed by atoms with Crippen LogP contribution in [0.1, 0.15) is 37.0 Å². The number of ether oxygens (including phenoxy) is 2. The number of amides is 1. The second kappa shape index (κ2) is 9.63.